The van der Waals surface area contributed by atoms with Crippen molar-refractivity contribution in [1.82, 2.24) is 20.0 Å². The van der Waals surface area contributed by atoms with Crippen LogP contribution in [0.5, 0.6) is 0 Å². The molecule has 0 unspecified atom stereocenters. The number of anilines is 1. The van der Waals surface area contributed by atoms with E-state index in [4.69, 9.17) is 5.73 Å². The first-order valence-corrected chi connectivity index (χ1v) is 7.10. The highest BCUT2D eigenvalue weighted by molar-refractivity contribution is 9.13. The molecule has 0 saturated carbocycles. The van der Waals surface area contributed by atoms with Gasteiger partial charge in [-0.15, -0.1) is 0 Å². The van der Waals surface area contributed by atoms with Crippen molar-refractivity contribution in [2.75, 3.05) is 5.32 Å². The molecule has 0 saturated heterocycles. The predicted octanol–water partition coefficient (Wildman–Crippen LogP) is 1.50. The number of H-pyrrole nitrogens is 1. The minimum absolute atomic E-state index is 0.00549. The van der Waals surface area contributed by atoms with Crippen LogP contribution in [0.1, 0.15) is 27.9 Å². The van der Waals surface area contributed by atoms with Gasteiger partial charge >= 0.3 is 0 Å². The third-order valence-electron chi connectivity index (χ3n) is 2.45. The summed E-state index contributed by atoms with van der Waals surface area (Å²) in [6.45, 7) is 2.40. The van der Waals surface area contributed by atoms with Crippen molar-refractivity contribution in [3.63, 3.8) is 0 Å². The molecule has 2 aromatic heterocycles. The van der Waals surface area contributed by atoms with Crippen molar-refractivity contribution < 1.29 is 9.59 Å². The summed E-state index contributed by atoms with van der Waals surface area (Å²) in [5.74, 6) is -1.20. The van der Waals surface area contributed by atoms with Crippen LogP contribution in [0.15, 0.2) is 15.3 Å². The summed E-state index contributed by atoms with van der Waals surface area (Å²) in [7, 11) is 0. The number of aryl methyl sites for hydroxylation is 1. The predicted molar refractivity (Wildman–Crippen MR) is 78.4 cm³/mol. The lowest BCUT2D eigenvalue weighted by Gasteiger charge is -2.01. The van der Waals surface area contributed by atoms with E-state index in [1.807, 2.05) is 6.92 Å². The van der Waals surface area contributed by atoms with E-state index in [1.165, 1.54) is 10.9 Å². The lowest BCUT2D eigenvalue weighted by atomic mass is 10.3. The Morgan fingerprint density at radius 1 is 1.45 bits per heavy atom. The molecule has 106 valence electrons. The molecule has 4 N–H and O–H groups in total. The third-order valence-corrected chi connectivity index (χ3v) is 4.33. The van der Waals surface area contributed by atoms with Gasteiger partial charge in [0.15, 0.2) is 11.4 Å². The van der Waals surface area contributed by atoms with Crippen molar-refractivity contribution >= 4 is 49.4 Å². The quantitative estimate of drug-likeness (QED) is 0.713. The Morgan fingerprint density at radius 3 is 2.65 bits per heavy atom. The largest absolute Gasteiger partial charge is 0.364 e. The maximum atomic E-state index is 12.1. The Balaban J connectivity index is 2.30. The Kier molecular flexibility index (Phi) is 4.23. The van der Waals surface area contributed by atoms with Gasteiger partial charge in [0.2, 0.25) is 0 Å². The van der Waals surface area contributed by atoms with E-state index < -0.39 is 11.8 Å². The molecule has 0 aliphatic rings. The molecule has 8 nitrogen and oxygen atoms in total. The lowest BCUT2D eigenvalue weighted by Crippen LogP contribution is -2.18. The molecular formula is C10H10Br2N6O2. The Hall–Kier alpha value is -1.68. The number of hydrogen-bond acceptors (Lipinski definition) is 4. The number of aromatic nitrogens is 4. The van der Waals surface area contributed by atoms with Crippen molar-refractivity contribution in [3.05, 3.63) is 26.7 Å². The number of nitrogens with two attached hydrogens (primary N) is 1. The van der Waals surface area contributed by atoms with Crippen LogP contribution in [0, 0.1) is 0 Å². The first-order valence-electron chi connectivity index (χ1n) is 5.52. The van der Waals surface area contributed by atoms with E-state index >= 15 is 0 Å². The van der Waals surface area contributed by atoms with E-state index in [-0.39, 0.29) is 17.1 Å². The van der Waals surface area contributed by atoms with Crippen molar-refractivity contribution in [3.8, 4) is 0 Å². The zero-order chi connectivity index (χ0) is 14.9. The second kappa shape index (κ2) is 5.75. The Bertz CT molecular complexity index is 677. The maximum Gasteiger partial charge on any atom is 0.277 e. The average molecular weight is 406 g/mol. The average Bonchev–Trinajstić information content (AvgIpc) is 2.95. The van der Waals surface area contributed by atoms with Gasteiger partial charge in [0, 0.05) is 12.7 Å². The van der Waals surface area contributed by atoms with E-state index in [2.05, 4.69) is 52.5 Å². The van der Waals surface area contributed by atoms with Gasteiger partial charge in [-0.05, 0) is 38.8 Å². The molecular weight excluding hydrogens is 396 g/mol. The molecule has 0 spiro atoms. The molecule has 0 atom stereocenters. The summed E-state index contributed by atoms with van der Waals surface area (Å²) in [5.41, 5.74) is 5.63. The molecule has 0 radical (unpaired) electrons. The number of primary amides is 1. The number of rotatable bonds is 4. The molecule has 2 amide bonds. The fourth-order valence-electron chi connectivity index (χ4n) is 1.50. The highest BCUT2D eigenvalue weighted by Crippen LogP contribution is 2.25. The Labute approximate surface area is 130 Å². The number of nitrogens with zero attached hydrogens (tertiary/aromatic N) is 3. The monoisotopic (exact) mass is 404 g/mol. The van der Waals surface area contributed by atoms with Gasteiger partial charge in [0.05, 0.1) is 10.2 Å². The van der Waals surface area contributed by atoms with Gasteiger partial charge in [-0.2, -0.15) is 10.2 Å². The number of halogens is 2. The summed E-state index contributed by atoms with van der Waals surface area (Å²) >= 11 is 6.40. The van der Waals surface area contributed by atoms with Crippen LogP contribution >= 0.6 is 31.9 Å². The Morgan fingerprint density at radius 2 is 2.15 bits per heavy atom. The van der Waals surface area contributed by atoms with Crippen molar-refractivity contribution in [2.45, 2.75) is 13.5 Å². The molecule has 0 aromatic carbocycles. The topological polar surface area (TPSA) is 119 Å². The molecule has 0 bridgehead atoms. The van der Waals surface area contributed by atoms with E-state index in [0.717, 1.165) is 0 Å². The molecule has 10 heteroatoms. The summed E-state index contributed by atoms with van der Waals surface area (Å²) in [6.07, 6.45) is 1.54. The van der Waals surface area contributed by atoms with Gasteiger partial charge in [-0.1, -0.05) is 0 Å². The number of aromatic amines is 1. The first-order chi connectivity index (χ1) is 9.43. The molecule has 2 aromatic rings. The van der Waals surface area contributed by atoms with Crippen LogP contribution in [0.25, 0.3) is 0 Å². The minimum Gasteiger partial charge on any atom is -0.364 e. The third kappa shape index (κ3) is 2.75. The van der Waals surface area contributed by atoms with E-state index in [0.29, 0.717) is 15.6 Å². The van der Waals surface area contributed by atoms with Crippen LogP contribution in [-0.4, -0.2) is 31.8 Å². The van der Waals surface area contributed by atoms with Crippen LogP contribution in [0.2, 0.25) is 0 Å². The van der Waals surface area contributed by atoms with Gasteiger partial charge in [-0.3, -0.25) is 19.4 Å². The van der Waals surface area contributed by atoms with Crippen molar-refractivity contribution in [2.24, 2.45) is 5.73 Å². The summed E-state index contributed by atoms with van der Waals surface area (Å²) in [6, 6.07) is 0. The number of carbonyl (C=O) groups excluding carboxylic acids is 2. The summed E-state index contributed by atoms with van der Waals surface area (Å²) < 4.78 is 2.53. The minimum atomic E-state index is -0.713. The highest BCUT2D eigenvalue weighted by atomic mass is 79.9. The van der Waals surface area contributed by atoms with Gasteiger partial charge in [0.1, 0.15) is 4.60 Å². The first kappa shape index (κ1) is 14.7. The zero-order valence-electron chi connectivity index (χ0n) is 10.3. The molecule has 0 fully saturated rings. The van der Waals surface area contributed by atoms with Crippen LogP contribution in [-0.2, 0) is 6.54 Å². The number of hydrogen-bond donors (Lipinski definition) is 3. The number of amides is 2. The molecule has 0 aliphatic carbocycles. The highest BCUT2D eigenvalue weighted by Gasteiger charge is 2.20. The maximum absolute atomic E-state index is 12.1. The summed E-state index contributed by atoms with van der Waals surface area (Å²) in [5, 5.41) is 13.0. The summed E-state index contributed by atoms with van der Waals surface area (Å²) in [4.78, 5) is 23.4. The van der Waals surface area contributed by atoms with Crippen LogP contribution in [0.4, 0.5) is 5.69 Å². The smallest absolute Gasteiger partial charge is 0.277 e. The normalized spacial score (nSPS) is 10.6. The fourth-order valence-corrected chi connectivity index (χ4v) is 2.13. The van der Waals surface area contributed by atoms with E-state index in [1.54, 1.807) is 0 Å². The van der Waals surface area contributed by atoms with Gasteiger partial charge < -0.3 is 11.1 Å². The standard InChI is InChI=1S/C10H10Br2N6O2/c1-2-18-3-4(6(17-18)9(13)19)14-10(20)7-5(11)8(12)16-15-7/h3H,2H2,1H3,(H2,13,19)(H,14,20)(H,15,16). The van der Waals surface area contributed by atoms with Gasteiger partial charge in [0.25, 0.3) is 11.8 Å². The van der Waals surface area contributed by atoms with Gasteiger partial charge in [-0.25, -0.2) is 0 Å². The lowest BCUT2D eigenvalue weighted by molar-refractivity contribution is 0.0995. The number of nitrogens with one attached hydrogen (secondary N) is 2. The zero-order valence-corrected chi connectivity index (χ0v) is 13.4. The second-order valence-corrected chi connectivity index (χ2v) is 5.35. The SMILES string of the molecule is CCn1cc(NC(=O)c2n[nH]c(Br)c2Br)c(C(N)=O)n1. The fraction of sp³-hybridized carbons (Fsp3) is 0.200. The number of carbonyl (C=O) groups is 2. The molecule has 2 rings (SSSR count). The van der Waals surface area contributed by atoms with Crippen molar-refractivity contribution in [1.29, 1.82) is 0 Å². The molecule has 20 heavy (non-hydrogen) atoms. The molecule has 0 aliphatic heterocycles. The van der Waals surface area contributed by atoms with Crippen LogP contribution < -0.4 is 11.1 Å². The van der Waals surface area contributed by atoms with Crippen LogP contribution in [0.3, 0.4) is 0 Å². The molecule has 2 heterocycles. The van der Waals surface area contributed by atoms with E-state index in [9.17, 15) is 9.59 Å². The second-order valence-electron chi connectivity index (χ2n) is 3.77.